The molecule has 2 aromatic heterocycles. The van der Waals surface area contributed by atoms with Gasteiger partial charge in [-0.1, -0.05) is 71.8 Å². The van der Waals surface area contributed by atoms with Gasteiger partial charge in [-0.2, -0.15) is 0 Å². The van der Waals surface area contributed by atoms with Crippen LogP contribution >= 0.6 is 11.6 Å². The number of aromatic nitrogens is 3. The van der Waals surface area contributed by atoms with E-state index in [0.717, 1.165) is 22.3 Å². The highest BCUT2D eigenvalue weighted by Gasteiger charge is 2.21. The predicted molar refractivity (Wildman–Crippen MR) is 144 cm³/mol. The Kier molecular flexibility index (Phi) is 6.54. The summed E-state index contributed by atoms with van der Waals surface area (Å²) in [7, 11) is -4.04. The number of rotatable bonds is 6. The lowest BCUT2D eigenvalue weighted by Crippen LogP contribution is -2.31. The van der Waals surface area contributed by atoms with Crippen LogP contribution in [0.4, 0.5) is 0 Å². The molecule has 0 radical (unpaired) electrons. The molecule has 0 aliphatic heterocycles. The van der Waals surface area contributed by atoms with Gasteiger partial charge in [0.25, 0.3) is 15.9 Å². The van der Waals surface area contributed by atoms with E-state index in [2.05, 4.69) is 14.7 Å². The Labute approximate surface area is 219 Å². The molecule has 7 nitrogen and oxygen atoms in total. The van der Waals surface area contributed by atoms with Crippen LogP contribution in [0, 0.1) is 13.8 Å². The average Bonchev–Trinajstić information content (AvgIpc) is 3.19. The highest BCUT2D eigenvalue weighted by molar-refractivity contribution is 7.90. The van der Waals surface area contributed by atoms with Gasteiger partial charge in [-0.3, -0.25) is 4.79 Å². The van der Waals surface area contributed by atoms with E-state index in [4.69, 9.17) is 11.6 Å². The van der Waals surface area contributed by atoms with Gasteiger partial charge in [-0.05, 0) is 60.9 Å². The van der Waals surface area contributed by atoms with Crippen LogP contribution in [0.2, 0.25) is 5.02 Å². The fourth-order valence-electron chi connectivity index (χ4n) is 4.04. The Morgan fingerprint density at radius 2 is 1.62 bits per heavy atom. The first kappa shape index (κ1) is 24.7. The number of fused-ring (bicyclic) bond motifs is 1. The lowest BCUT2D eigenvalue weighted by atomic mass is 10.0. The van der Waals surface area contributed by atoms with Crippen LogP contribution in [0.1, 0.15) is 27.4 Å². The maximum Gasteiger partial charge on any atom is 0.283 e. The first-order chi connectivity index (χ1) is 17.7. The summed E-state index contributed by atoms with van der Waals surface area (Å²) in [4.78, 5) is 21.8. The number of amides is 1. The topological polar surface area (TPSA) is 94.0 Å². The first-order valence-electron chi connectivity index (χ1n) is 11.5. The molecule has 0 saturated heterocycles. The lowest BCUT2D eigenvalue weighted by Gasteiger charge is -2.11. The average molecular weight is 531 g/mol. The molecule has 0 fully saturated rings. The summed E-state index contributed by atoms with van der Waals surface area (Å²) in [5.74, 6) is -0.131. The van der Waals surface area contributed by atoms with Crippen LogP contribution in [-0.4, -0.2) is 28.9 Å². The first-order valence-corrected chi connectivity index (χ1v) is 13.4. The zero-order chi connectivity index (χ0) is 26.2. The van der Waals surface area contributed by atoms with Crippen LogP contribution in [0.25, 0.3) is 22.3 Å². The summed E-state index contributed by atoms with van der Waals surface area (Å²) < 4.78 is 29.3. The Balaban J connectivity index is 1.43. The maximum atomic E-state index is 12.8. The number of aryl methyl sites for hydroxylation is 2. The smallest absolute Gasteiger partial charge is 0.283 e. The van der Waals surface area contributed by atoms with Crippen LogP contribution in [0.3, 0.4) is 0 Å². The molecule has 37 heavy (non-hydrogen) atoms. The van der Waals surface area contributed by atoms with E-state index in [1.54, 1.807) is 18.2 Å². The van der Waals surface area contributed by atoms with E-state index < -0.39 is 15.9 Å². The number of sulfonamides is 1. The standard InChI is InChI=1S/C28H23ClN4O3S/c1-18-8-12-23(13-9-18)37(35,36)32-28(34)26-15-14-25-27(31-26)33(19(2)30-25)17-22-11-10-21(16-24(22)29)20-6-4-3-5-7-20/h3-16H,17H2,1-2H3,(H,32,34). The number of hydrogen-bond acceptors (Lipinski definition) is 5. The van der Waals surface area contributed by atoms with E-state index in [-0.39, 0.29) is 10.6 Å². The van der Waals surface area contributed by atoms with Crippen molar-refractivity contribution >= 4 is 38.7 Å². The lowest BCUT2D eigenvalue weighted by molar-refractivity contribution is 0.0977. The number of nitrogens with one attached hydrogen (secondary N) is 1. The fourth-order valence-corrected chi connectivity index (χ4v) is 5.24. The summed E-state index contributed by atoms with van der Waals surface area (Å²) in [5, 5.41) is 0.598. The quantitative estimate of drug-likeness (QED) is 0.311. The molecule has 0 saturated carbocycles. The van der Waals surface area contributed by atoms with Crippen molar-refractivity contribution in [1.82, 2.24) is 19.3 Å². The number of carbonyl (C=O) groups excluding carboxylic acids is 1. The molecule has 5 aromatic rings. The molecule has 1 amide bonds. The summed E-state index contributed by atoms with van der Waals surface area (Å²) in [5.41, 5.74) is 4.87. The zero-order valence-electron chi connectivity index (χ0n) is 20.1. The third kappa shape index (κ3) is 5.12. The van der Waals surface area contributed by atoms with Crippen molar-refractivity contribution in [3.05, 3.63) is 113 Å². The van der Waals surface area contributed by atoms with Gasteiger partial charge in [0.2, 0.25) is 0 Å². The van der Waals surface area contributed by atoms with Crippen molar-refractivity contribution < 1.29 is 13.2 Å². The van der Waals surface area contributed by atoms with E-state index >= 15 is 0 Å². The highest BCUT2D eigenvalue weighted by atomic mass is 35.5. The molecule has 1 N–H and O–H groups in total. The summed E-state index contributed by atoms with van der Waals surface area (Å²) in [6, 6.07) is 25.2. The molecular formula is C28H23ClN4O3S. The molecule has 186 valence electrons. The van der Waals surface area contributed by atoms with Crippen LogP contribution < -0.4 is 4.72 Å². The molecule has 0 bridgehead atoms. The van der Waals surface area contributed by atoms with Gasteiger partial charge >= 0.3 is 0 Å². The second-order valence-corrected chi connectivity index (χ2v) is 10.8. The SMILES string of the molecule is Cc1ccc(S(=O)(=O)NC(=O)c2ccc3nc(C)n(Cc4ccc(-c5ccccc5)cc4Cl)c3n2)cc1. The Morgan fingerprint density at radius 1 is 0.892 bits per heavy atom. The van der Waals surface area contributed by atoms with Gasteiger partial charge in [0.05, 0.1) is 11.4 Å². The van der Waals surface area contributed by atoms with Gasteiger partial charge in [-0.25, -0.2) is 23.1 Å². The van der Waals surface area contributed by atoms with Crippen LogP contribution in [0.5, 0.6) is 0 Å². The van der Waals surface area contributed by atoms with E-state index in [9.17, 15) is 13.2 Å². The molecule has 0 spiro atoms. The molecular weight excluding hydrogens is 508 g/mol. The minimum atomic E-state index is -4.04. The van der Waals surface area contributed by atoms with Crippen molar-refractivity contribution in [2.24, 2.45) is 0 Å². The van der Waals surface area contributed by atoms with Crippen molar-refractivity contribution in [2.45, 2.75) is 25.3 Å². The molecule has 5 rings (SSSR count). The number of pyridine rings is 1. The molecule has 2 heterocycles. The van der Waals surface area contributed by atoms with E-state index in [1.807, 2.05) is 66.9 Å². The predicted octanol–water partition coefficient (Wildman–Crippen LogP) is 5.54. The van der Waals surface area contributed by atoms with Crippen molar-refractivity contribution in [2.75, 3.05) is 0 Å². The summed E-state index contributed by atoms with van der Waals surface area (Å²) in [6.07, 6.45) is 0. The largest absolute Gasteiger partial charge is 0.308 e. The molecule has 0 unspecified atom stereocenters. The number of carbonyl (C=O) groups is 1. The molecule has 9 heteroatoms. The van der Waals surface area contributed by atoms with Crippen LogP contribution in [-0.2, 0) is 16.6 Å². The second kappa shape index (κ2) is 9.80. The van der Waals surface area contributed by atoms with Gasteiger partial charge in [0.1, 0.15) is 17.0 Å². The van der Waals surface area contributed by atoms with Crippen molar-refractivity contribution in [1.29, 1.82) is 0 Å². The van der Waals surface area contributed by atoms with Gasteiger partial charge in [-0.15, -0.1) is 0 Å². The number of benzene rings is 3. The molecule has 3 aromatic carbocycles. The second-order valence-electron chi connectivity index (χ2n) is 8.70. The summed E-state index contributed by atoms with van der Waals surface area (Å²) in [6.45, 7) is 4.08. The number of halogens is 1. The van der Waals surface area contributed by atoms with Crippen LogP contribution in [0.15, 0.2) is 89.8 Å². The monoisotopic (exact) mass is 530 g/mol. The van der Waals surface area contributed by atoms with E-state index in [0.29, 0.717) is 28.6 Å². The number of hydrogen-bond donors (Lipinski definition) is 1. The Bertz CT molecular complexity index is 1730. The minimum absolute atomic E-state index is 0.00186. The summed E-state index contributed by atoms with van der Waals surface area (Å²) >= 11 is 6.64. The molecule has 0 atom stereocenters. The molecule has 0 aliphatic carbocycles. The molecule has 0 aliphatic rings. The Morgan fingerprint density at radius 3 is 2.32 bits per heavy atom. The third-order valence-electron chi connectivity index (χ3n) is 6.06. The van der Waals surface area contributed by atoms with Crippen molar-refractivity contribution in [3.8, 4) is 11.1 Å². The maximum absolute atomic E-state index is 12.8. The zero-order valence-corrected chi connectivity index (χ0v) is 21.7. The van der Waals surface area contributed by atoms with Gasteiger partial charge in [0, 0.05) is 5.02 Å². The van der Waals surface area contributed by atoms with E-state index in [1.165, 1.54) is 18.2 Å². The third-order valence-corrected chi connectivity index (χ3v) is 7.76. The normalized spacial score (nSPS) is 11.5. The highest BCUT2D eigenvalue weighted by Crippen LogP contribution is 2.27. The van der Waals surface area contributed by atoms with Gasteiger partial charge < -0.3 is 4.57 Å². The Hall–Kier alpha value is -4.01. The number of nitrogens with zero attached hydrogens (tertiary/aromatic N) is 3. The number of imidazole rings is 1. The van der Waals surface area contributed by atoms with Crippen molar-refractivity contribution in [3.63, 3.8) is 0 Å². The fraction of sp³-hybridized carbons (Fsp3) is 0.107. The van der Waals surface area contributed by atoms with Gasteiger partial charge in [0.15, 0.2) is 5.65 Å². The minimum Gasteiger partial charge on any atom is -0.308 e.